The van der Waals surface area contributed by atoms with Gasteiger partial charge in [0.25, 0.3) is 0 Å². The van der Waals surface area contributed by atoms with Gasteiger partial charge in [0.05, 0.1) is 11.9 Å². The van der Waals surface area contributed by atoms with Gasteiger partial charge in [-0.15, -0.1) is 0 Å². The third-order valence-corrected chi connectivity index (χ3v) is 7.74. The number of sulfonamides is 1. The van der Waals surface area contributed by atoms with E-state index in [0.717, 1.165) is 33.7 Å². The van der Waals surface area contributed by atoms with E-state index in [4.69, 9.17) is 11.6 Å². The summed E-state index contributed by atoms with van der Waals surface area (Å²) in [7, 11) is -3.81. The van der Waals surface area contributed by atoms with Crippen LogP contribution in [0.3, 0.4) is 0 Å². The van der Waals surface area contributed by atoms with Gasteiger partial charge in [0.2, 0.25) is 21.8 Å². The topological polar surface area (TPSA) is 86.8 Å². The normalized spacial score (nSPS) is 12.4. The number of hydrogen-bond donors (Lipinski definition) is 1. The van der Waals surface area contributed by atoms with Gasteiger partial charge < -0.3 is 10.2 Å². The minimum atomic E-state index is -3.81. The standard InChI is InChI=1S/C31H38ClN3O4S/c1-6-23-14-18-27(19-15-23)35(40(5,38)39)22-29(36)34(21-25-12-16-26(32)17-13-25)28(30(37)33-31(2,3)4)20-24-10-8-7-9-11-24/h7-19,28H,6,20-22H2,1-5H3,(H,33,37). The van der Waals surface area contributed by atoms with Crippen molar-refractivity contribution >= 4 is 39.1 Å². The number of rotatable bonds is 11. The molecule has 0 fully saturated rings. The molecular weight excluding hydrogens is 546 g/mol. The van der Waals surface area contributed by atoms with Crippen molar-refractivity contribution in [2.75, 3.05) is 17.1 Å². The molecule has 1 atom stereocenters. The first-order chi connectivity index (χ1) is 18.8. The Morgan fingerprint density at radius 1 is 0.875 bits per heavy atom. The number of halogens is 1. The van der Waals surface area contributed by atoms with Crippen molar-refractivity contribution in [3.8, 4) is 0 Å². The average Bonchev–Trinajstić information content (AvgIpc) is 2.89. The summed E-state index contributed by atoms with van der Waals surface area (Å²) in [5, 5.41) is 3.56. The highest BCUT2D eigenvalue weighted by atomic mass is 35.5. The van der Waals surface area contributed by atoms with Crippen molar-refractivity contribution in [2.45, 2.75) is 58.7 Å². The zero-order valence-electron chi connectivity index (χ0n) is 23.7. The van der Waals surface area contributed by atoms with Crippen molar-refractivity contribution in [3.63, 3.8) is 0 Å². The Bertz CT molecular complexity index is 1390. The fourth-order valence-corrected chi connectivity index (χ4v) is 5.28. The molecular formula is C31H38ClN3O4S. The molecule has 9 heteroatoms. The van der Waals surface area contributed by atoms with Gasteiger partial charge in [0.15, 0.2) is 0 Å². The van der Waals surface area contributed by atoms with Crippen LogP contribution in [-0.2, 0) is 39.0 Å². The zero-order chi connectivity index (χ0) is 29.5. The monoisotopic (exact) mass is 583 g/mol. The van der Waals surface area contributed by atoms with Crippen LogP contribution in [0.4, 0.5) is 5.69 Å². The van der Waals surface area contributed by atoms with Gasteiger partial charge in [-0.3, -0.25) is 13.9 Å². The first-order valence-electron chi connectivity index (χ1n) is 13.2. The molecule has 214 valence electrons. The Kier molecular flexibility index (Phi) is 10.4. The van der Waals surface area contributed by atoms with Crippen LogP contribution in [0, 0.1) is 0 Å². The number of benzene rings is 3. The van der Waals surface area contributed by atoms with Crippen LogP contribution in [0.25, 0.3) is 0 Å². The highest BCUT2D eigenvalue weighted by Crippen LogP contribution is 2.22. The third kappa shape index (κ3) is 9.10. The lowest BCUT2D eigenvalue weighted by Crippen LogP contribution is -2.56. The highest BCUT2D eigenvalue weighted by molar-refractivity contribution is 7.92. The molecule has 7 nitrogen and oxygen atoms in total. The summed E-state index contributed by atoms with van der Waals surface area (Å²) in [4.78, 5) is 29.3. The van der Waals surface area contributed by atoms with E-state index in [9.17, 15) is 18.0 Å². The Morgan fingerprint density at radius 2 is 1.45 bits per heavy atom. The molecule has 0 aliphatic carbocycles. The molecule has 0 saturated heterocycles. The molecule has 0 radical (unpaired) electrons. The van der Waals surface area contributed by atoms with Crippen molar-refractivity contribution in [1.29, 1.82) is 0 Å². The SMILES string of the molecule is CCc1ccc(N(CC(=O)N(Cc2ccc(Cl)cc2)C(Cc2ccccc2)C(=O)NC(C)(C)C)S(C)(=O)=O)cc1. The molecule has 0 aliphatic heterocycles. The van der Waals surface area contributed by atoms with Gasteiger partial charge in [-0.05, 0) is 68.1 Å². The van der Waals surface area contributed by atoms with E-state index >= 15 is 0 Å². The molecule has 1 N–H and O–H groups in total. The van der Waals surface area contributed by atoms with Gasteiger partial charge in [-0.1, -0.05) is 73.1 Å². The van der Waals surface area contributed by atoms with E-state index in [2.05, 4.69) is 5.32 Å². The number of nitrogens with one attached hydrogen (secondary N) is 1. The largest absolute Gasteiger partial charge is 0.350 e. The average molecular weight is 584 g/mol. The second-order valence-corrected chi connectivity index (χ2v) is 13.2. The highest BCUT2D eigenvalue weighted by Gasteiger charge is 2.34. The molecule has 0 aliphatic rings. The van der Waals surface area contributed by atoms with Gasteiger partial charge in [-0.2, -0.15) is 0 Å². The summed E-state index contributed by atoms with van der Waals surface area (Å²) in [6.45, 7) is 7.28. The van der Waals surface area contributed by atoms with E-state index in [1.165, 1.54) is 4.90 Å². The summed E-state index contributed by atoms with van der Waals surface area (Å²) < 4.78 is 26.9. The fourth-order valence-electron chi connectivity index (χ4n) is 4.30. The smallest absolute Gasteiger partial charge is 0.244 e. The third-order valence-electron chi connectivity index (χ3n) is 6.35. The molecule has 0 bridgehead atoms. The van der Waals surface area contributed by atoms with Gasteiger partial charge in [0, 0.05) is 23.5 Å². The van der Waals surface area contributed by atoms with E-state index < -0.39 is 34.1 Å². The molecule has 0 aromatic heterocycles. The maximum Gasteiger partial charge on any atom is 0.244 e. The number of carbonyl (C=O) groups excluding carboxylic acids is 2. The molecule has 40 heavy (non-hydrogen) atoms. The molecule has 2 amide bonds. The predicted octanol–water partition coefficient (Wildman–Crippen LogP) is 5.22. The summed E-state index contributed by atoms with van der Waals surface area (Å²) in [5.74, 6) is -0.818. The Balaban J connectivity index is 2.05. The minimum Gasteiger partial charge on any atom is -0.350 e. The van der Waals surface area contributed by atoms with Crippen molar-refractivity contribution < 1.29 is 18.0 Å². The zero-order valence-corrected chi connectivity index (χ0v) is 25.3. The van der Waals surface area contributed by atoms with Crippen LogP contribution >= 0.6 is 11.6 Å². The number of anilines is 1. The van der Waals surface area contributed by atoms with Crippen LogP contribution in [-0.4, -0.2) is 49.5 Å². The van der Waals surface area contributed by atoms with E-state index in [-0.39, 0.29) is 18.9 Å². The summed E-state index contributed by atoms with van der Waals surface area (Å²) in [6.07, 6.45) is 2.13. The van der Waals surface area contributed by atoms with E-state index in [1.807, 2.05) is 70.2 Å². The number of hydrogen-bond acceptors (Lipinski definition) is 4. The quantitative estimate of drug-likeness (QED) is 0.335. The second kappa shape index (κ2) is 13.3. The maximum absolute atomic E-state index is 14.1. The Labute approximate surface area is 243 Å². The summed E-state index contributed by atoms with van der Waals surface area (Å²) in [6, 6.07) is 22.7. The molecule has 0 spiro atoms. The van der Waals surface area contributed by atoms with Gasteiger partial charge in [-0.25, -0.2) is 8.42 Å². The summed E-state index contributed by atoms with van der Waals surface area (Å²) >= 11 is 6.09. The maximum atomic E-state index is 14.1. The number of aryl methyl sites for hydroxylation is 1. The van der Waals surface area contributed by atoms with Crippen LogP contribution in [0.5, 0.6) is 0 Å². The first kappa shape index (κ1) is 31.2. The van der Waals surface area contributed by atoms with Gasteiger partial charge in [0.1, 0.15) is 12.6 Å². The minimum absolute atomic E-state index is 0.0947. The van der Waals surface area contributed by atoms with Crippen LogP contribution in [0.1, 0.15) is 44.4 Å². The summed E-state index contributed by atoms with van der Waals surface area (Å²) in [5.41, 5.74) is 2.53. The fraction of sp³-hybridized carbons (Fsp3) is 0.355. The molecule has 0 saturated carbocycles. The van der Waals surface area contributed by atoms with E-state index in [1.54, 1.807) is 36.4 Å². The predicted molar refractivity (Wildman–Crippen MR) is 162 cm³/mol. The molecule has 0 heterocycles. The van der Waals surface area contributed by atoms with E-state index in [0.29, 0.717) is 10.7 Å². The first-order valence-corrected chi connectivity index (χ1v) is 15.5. The second-order valence-electron chi connectivity index (χ2n) is 10.9. The molecule has 3 aromatic rings. The van der Waals surface area contributed by atoms with Crippen LogP contribution in [0.2, 0.25) is 5.02 Å². The van der Waals surface area contributed by atoms with Crippen molar-refractivity contribution in [1.82, 2.24) is 10.2 Å². The molecule has 3 aromatic carbocycles. The number of amides is 2. The lowest BCUT2D eigenvalue weighted by Gasteiger charge is -2.35. The van der Waals surface area contributed by atoms with Gasteiger partial charge >= 0.3 is 0 Å². The molecule has 3 rings (SSSR count). The number of carbonyl (C=O) groups is 2. The van der Waals surface area contributed by atoms with Crippen molar-refractivity contribution in [3.05, 3.63) is 101 Å². The lowest BCUT2D eigenvalue weighted by molar-refractivity contribution is -0.140. The van der Waals surface area contributed by atoms with Crippen LogP contribution < -0.4 is 9.62 Å². The van der Waals surface area contributed by atoms with Crippen molar-refractivity contribution in [2.24, 2.45) is 0 Å². The Morgan fingerprint density at radius 3 is 1.98 bits per heavy atom. The number of nitrogens with zero attached hydrogens (tertiary/aromatic N) is 2. The lowest BCUT2D eigenvalue weighted by atomic mass is 10.0. The van der Waals surface area contributed by atoms with Crippen LogP contribution in [0.15, 0.2) is 78.9 Å². The molecule has 1 unspecified atom stereocenters. The Hall–Kier alpha value is -3.36.